The highest BCUT2D eigenvalue weighted by molar-refractivity contribution is 7.13. The third kappa shape index (κ3) is 7.48. The SMILES string of the molecule is Cc1ncsc1-c1ccc(CNC(=O)OC(C)(C)C)c(NCCO[Si](c2ccccc2)(c2ccccc2)C(C)(C)C)c1. The van der Waals surface area contributed by atoms with Crippen molar-refractivity contribution >= 4 is 41.8 Å². The topological polar surface area (TPSA) is 72.5 Å². The summed E-state index contributed by atoms with van der Waals surface area (Å²) in [5.74, 6) is 0. The van der Waals surface area contributed by atoms with E-state index < -0.39 is 20.0 Å². The monoisotopic (exact) mass is 601 g/mol. The van der Waals surface area contributed by atoms with E-state index in [2.05, 4.69) is 115 Å². The van der Waals surface area contributed by atoms with Gasteiger partial charge in [0.2, 0.25) is 0 Å². The number of hydrogen-bond acceptors (Lipinski definition) is 6. The molecular weight excluding hydrogens is 559 g/mol. The molecule has 1 aromatic heterocycles. The maximum atomic E-state index is 12.4. The van der Waals surface area contributed by atoms with Gasteiger partial charge in [0.1, 0.15) is 5.60 Å². The van der Waals surface area contributed by atoms with Crippen LogP contribution in [0.2, 0.25) is 5.04 Å². The molecule has 6 nitrogen and oxygen atoms in total. The summed E-state index contributed by atoms with van der Waals surface area (Å²) in [4.78, 5) is 18.0. The van der Waals surface area contributed by atoms with Gasteiger partial charge in [0.25, 0.3) is 8.32 Å². The van der Waals surface area contributed by atoms with Crippen molar-refractivity contribution in [2.75, 3.05) is 18.5 Å². The van der Waals surface area contributed by atoms with E-state index >= 15 is 0 Å². The lowest BCUT2D eigenvalue weighted by atomic mass is 10.1. The first-order chi connectivity index (χ1) is 19.9. The molecule has 0 saturated carbocycles. The number of aryl methyl sites for hydroxylation is 1. The van der Waals surface area contributed by atoms with Crippen molar-refractivity contribution < 1.29 is 14.0 Å². The molecule has 0 fully saturated rings. The van der Waals surface area contributed by atoms with Crippen LogP contribution in [0.4, 0.5) is 10.5 Å². The molecule has 2 N–H and O–H groups in total. The van der Waals surface area contributed by atoms with Crippen LogP contribution in [0.5, 0.6) is 0 Å². The number of carbonyl (C=O) groups is 1. The standard InChI is InChI=1S/C34H43N3O3SSi/c1-25-31(41-24-37-25)26-18-19-27(23-36-32(38)40-33(2,3)4)30(22-26)35-20-21-39-42(34(5,6)7,28-14-10-8-11-15-28)29-16-12-9-13-17-29/h8-19,22,24,35H,20-21,23H2,1-7H3,(H,36,38). The number of amides is 1. The van der Waals surface area contributed by atoms with Gasteiger partial charge in [0.05, 0.1) is 22.7 Å². The van der Waals surface area contributed by atoms with Crippen molar-refractivity contribution in [3.8, 4) is 10.4 Å². The second kappa shape index (κ2) is 13.2. The van der Waals surface area contributed by atoms with Crippen LogP contribution in [0.3, 0.4) is 0 Å². The van der Waals surface area contributed by atoms with E-state index in [9.17, 15) is 4.79 Å². The molecule has 8 heteroatoms. The minimum absolute atomic E-state index is 0.0954. The Bertz CT molecular complexity index is 1420. The fourth-order valence-corrected chi connectivity index (χ4v) is 10.6. The van der Waals surface area contributed by atoms with E-state index in [0.717, 1.165) is 27.4 Å². The molecule has 0 bridgehead atoms. The van der Waals surface area contributed by atoms with Gasteiger partial charge < -0.3 is 19.8 Å². The number of aromatic nitrogens is 1. The second-order valence-electron chi connectivity index (χ2n) is 12.4. The predicted octanol–water partition coefficient (Wildman–Crippen LogP) is 7.13. The molecule has 4 aromatic rings. The first kappa shape index (κ1) is 31.5. The van der Waals surface area contributed by atoms with E-state index in [-0.39, 0.29) is 5.04 Å². The van der Waals surface area contributed by atoms with Gasteiger partial charge in [-0.1, -0.05) is 93.6 Å². The van der Waals surface area contributed by atoms with Crippen LogP contribution in [0.15, 0.2) is 84.4 Å². The molecule has 3 aromatic carbocycles. The Labute approximate surface area is 255 Å². The van der Waals surface area contributed by atoms with Crippen molar-refractivity contribution in [1.29, 1.82) is 0 Å². The first-order valence-electron chi connectivity index (χ1n) is 14.4. The summed E-state index contributed by atoms with van der Waals surface area (Å²) >= 11 is 1.62. The molecule has 222 valence electrons. The molecule has 0 aliphatic rings. The van der Waals surface area contributed by atoms with Gasteiger partial charge in [-0.25, -0.2) is 9.78 Å². The van der Waals surface area contributed by atoms with Gasteiger partial charge >= 0.3 is 6.09 Å². The molecular formula is C34H43N3O3SSi. The number of nitrogens with one attached hydrogen (secondary N) is 2. The van der Waals surface area contributed by atoms with Crippen molar-refractivity contribution in [1.82, 2.24) is 10.3 Å². The summed E-state index contributed by atoms with van der Waals surface area (Å²) in [5.41, 5.74) is 5.32. The molecule has 0 aliphatic heterocycles. The Morgan fingerprint density at radius 3 is 2.05 bits per heavy atom. The fraction of sp³-hybridized carbons (Fsp3) is 0.353. The lowest BCUT2D eigenvalue weighted by Crippen LogP contribution is -2.66. The van der Waals surface area contributed by atoms with Crippen molar-refractivity contribution in [3.63, 3.8) is 0 Å². The highest BCUT2D eigenvalue weighted by atomic mass is 32.1. The molecule has 0 atom stereocenters. The van der Waals surface area contributed by atoms with Crippen LogP contribution >= 0.6 is 11.3 Å². The number of rotatable bonds is 10. The van der Waals surface area contributed by atoms with Crippen molar-refractivity contribution in [3.05, 3.63) is 95.6 Å². The van der Waals surface area contributed by atoms with Crippen LogP contribution < -0.4 is 21.0 Å². The Hall–Kier alpha value is -3.46. The average Bonchev–Trinajstić information content (AvgIpc) is 3.37. The molecule has 4 rings (SSSR count). The lowest BCUT2D eigenvalue weighted by molar-refractivity contribution is 0.0523. The van der Waals surface area contributed by atoms with Gasteiger partial charge in [-0.3, -0.25) is 0 Å². The molecule has 0 saturated heterocycles. The average molecular weight is 602 g/mol. The maximum absolute atomic E-state index is 12.4. The summed E-state index contributed by atoms with van der Waals surface area (Å²) in [6.07, 6.45) is -0.439. The second-order valence-corrected chi connectivity index (χ2v) is 17.6. The highest BCUT2D eigenvalue weighted by Crippen LogP contribution is 2.37. The molecule has 0 spiro atoms. The van der Waals surface area contributed by atoms with Crippen LogP contribution in [0.25, 0.3) is 10.4 Å². The van der Waals surface area contributed by atoms with E-state index in [4.69, 9.17) is 9.16 Å². The van der Waals surface area contributed by atoms with Gasteiger partial charge in [-0.05, 0) is 60.3 Å². The predicted molar refractivity (Wildman–Crippen MR) is 177 cm³/mol. The zero-order valence-electron chi connectivity index (χ0n) is 25.8. The summed E-state index contributed by atoms with van der Waals surface area (Å²) in [7, 11) is -2.64. The van der Waals surface area contributed by atoms with Gasteiger partial charge in [-0.2, -0.15) is 0 Å². The Morgan fingerprint density at radius 1 is 0.905 bits per heavy atom. The normalized spacial score (nSPS) is 12.2. The Morgan fingerprint density at radius 2 is 1.52 bits per heavy atom. The van der Waals surface area contributed by atoms with Gasteiger partial charge in [-0.15, -0.1) is 11.3 Å². The zero-order valence-corrected chi connectivity index (χ0v) is 27.6. The highest BCUT2D eigenvalue weighted by Gasteiger charge is 2.50. The van der Waals surface area contributed by atoms with E-state index in [1.54, 1.807) is 11.3 Å². The third-order valence-corrected chi connectivity index (χ3v) is 13.1. The quantitative estimate of drug-likeness (QED) is 0.149. The fourth-order valence-electron chi connectivity index (χ4n) is 5.25. The molecule has 42 heavy (non-hydrogen) atoms. The lowest BCUT2D eigenvalue weighted by Gasteiger charge is -2.43. The Balaban J connectivity index is 1.58. The van der Waals surface area contributed by atoms with Gasteiger partial charge in [0, 0.05) is 18.8 Å². The molecule has 0 aliphatic carbocycles. The number of nitrogens with zero attached hydrogens (tertiary/aromatic N) is 1. The minimum atomic E-state index is -2.64. The van der Waals surface area contributed by atoms with E-state index in [1.165, 1.54) is 10.4 Å². The summed E-state index contributed by atoms with van der Waals surface area (Å²) in [6.45, 7) is 15.9. The number of thiazole rings is 1. The molecule has 0 unspecified atom stereocenters. The van der Waals surface area contributed by atoms with Crippen LogP contribution in [-0.4, -0.2) is 38.1 Å². The number of hydrogen-bond donors (Lipinski definition) is 2. The first-order valence-corrected chi connectivity index (χ1v) is 17.2. The molecule has 1 heterocycles. The minimum Gasteiger partial charge on any atom is -0.444 e. The third-order valence-electron chi connectivity index (χ3n) is 7.09. The largest absolute Gasteiger partial charge is 0.444 e. The molecule has 0 radical (unpaired) electrons. The summed E-state index contributed by atoms with van der Waals surface area (Å²) in [6, 6.07) is 27.6. The smallest absolute Gasteiger partial charge is 0.407 e. The summed E-state index contributed by atoms with van der Waals surface area (Å²) in [5, 5.41) is 8.95. The number of benzene rings is 3. The number of carbonyl (C=O) groups excluding carboxylic acids is 1. The maximum Gasteiger partial charge on any atom is 0.407 e. The Kier molecular flexibility index (Phi) is 9.92. The molecule has 1 amide bonds. The van der Waals surface area contributed by atoms with Crippen LogP contribution in [0.1, 0.15) is 52.8 Å². The van der Waals surface area contributed by atoms with E-state index in [0.29, 0.717) is 19.7 Å². The zero-order chi connectivity index (χ0) is 30.4. The number of ether oxygens (including phenoxy) is 1. The van der Waals surface area contributed by atoms with Gasteiger partial charge in [0.15, 0.2) is 0 Å². The van der Waals surface area contributed by atoms with Crippen molar-refractivity contribution in [2.45, 2.75) is 65.7 Å². The summed E-state index contributed by atoms with van der Waals surface area (Å²) < 4.78 is 12.5. The number of alkyl carbamates (subject to hydrolysis) is 1. The van der Waals surface area contributed by atoms with E-state index in [1.807, 2.05) is 33.2 Å². The van der Waals surface area contributed by atoms with Crippen molar-refractivity contribution in [2.24, 2.45) is 0 Å². The van der Waals surface area contributed by atoms with Crippen LogP contribution in [0, 0.1) is 6.92 Å². The van der Waals surface area contributed by atoms with Crippen LogP contribution in [-0.2, 0) is 15.7 Å². The number of anilines is 1.